The monoisotopic (exact) mass is 291 g/mol. The summed E-state index contributed by atoms with van der Waals surface area (Å²) in [6, 6.07) is 5.73. The minimum atomic E-state index is -4.68. The molecule has 0 saturated heterocycles. The van der Waals surface area contributed by atoms with Gasteiger partial charge in [-0.1, -0.05) is 15.9 Å². The molecule has 2 nitrogen and oxygen atoms in total. The summed E-state index contributed by atoms with van der Waals surface area (Å²) in [6.07, 6.45) is -3.18. The Kier molecular flexibility index (Phi) is 2.75. The zero-order valence-corrected chi connectivity index (χ0v) is 9.34. The van der Waals surface area contributed by atoms with Gasteiger partial charge in [0, 0.05) is 22.1 Å². The predicted octanol–water partition coefficient (Wildman–Crippen LogP) is 3.90. The first-order chi connectivity index (χ1) is 7.46. The molecule has 0 bridgehead atoms. The largest absolute Gasteiger partial charge is 0.573 e. The van der Waals surface area contributed by atoms with Gasteiger partial charge in [-0.15, -0.1) is 13.2 Å². The van der Waals surface area contributed by atoms with Crippen molar-refractivity contribution in [3.8, 4) is 5.75 Å². The molecular formula is C10H5BrF3NO. The van der Waals surface area contributed by atoms with Gasteiger partial charge in [-0.3, -0.25) is 4.98 Å². The van der Waals surface area contributed by atoms with E-state index < -0.39 is 6.36 Å². The van der Waals surface area contributed by atoms with Crippen LogP contribution in [0.1, 0.15) is 0 Å². The lowest BCUT2D eigenvalue weighted by molar-refractivity contribution is -0.274. The second kappa shape index (κ2) is 3.93. The number of fused-ring (bicyclic) bond motifs is 1. The second-order valence-electron chi connectivity index (χ2n) is 3.02. The van der Waals surface area contributed by atoms with Crippen LogP contribution < -0.4 is 4.74 Å². The summed E-state index contributed by atoms with van der Waals surface area (Å²) in [6.45, 7) is 0. The molecule has 1 aromatic carbocycles. The molecule has 1 heterocycles. The summed E-state index contributed by atoms with van der Waals surface area (Å²) in [5.74, 6) is -0.273. The highest BCUT2D eigenvalue weighted by Crippen LogP contribution is 2.28. The van der Waals surface area contributed by atoms with Crippen LogP contribution in [0.25, 0.3) is 10.9 Å². The summed E-state index contributed by atoms with van der Waals surface area (Å²) in [7, 11) is 0. The lowest BCUT2D eigenvalue weighted by atomic mass is 10.2. The van der Waals surface area contributed by atoms with Gasteiger partial charge in [0.2, 0.25) is 0 Å². The highest BCUT2D eigenvalue weighted by atomic mass is 79.9. The van der Waals surface area contributed by atoms with Gasteiger partial charge < -0.3 is 4.74 Å². The number of hydrogen-bond donors (Lipinski definition) is 0. The first-order valence-electron chi connectivity index (χ1n) is 4.26. The predicted molar refractivity (Wildman–Crippen MR) is 56.1 cm³/mol. The summed E-state index contributed by atoms with van der Waals surface area (Å²) >= 11 is 3.28. The van der Waals surface area contributed by atoms with Crippen molar-refractivity contribution in [2.45, 2.75) is 6.36 Å². The van der Waals surface area contributed by atoms with Crippen LogP contribution in [0, 0.1) is 0 Å². The summed E-state index contributed by atoms with van der Waals surface area (Å²) < 4.78 is 40.5. The van der Waals surface area contributed by atoms with Crippen LogP contribution in [0.3, 0.4) is 0 Å². The van der Waals surface area contributed by atoms with Gasteiger partial charge in [-0.25, -0.2) is 0 Å². The third-order valence-electron chi connectivity index (χ3n) is 1.89. The van der Waals surface area contributed by atoms with E-state index in [0.29, 0.717) is 5.52 Å². The van der Waals surface area contributed by atoms with Crippen molar-refractivity contribution in [2.75, 3.05) is 0 Å². The van der Waals surface area contributed by atoms with E-state index in [1.165, 1.54) is 24.4 Å². The number of aromatic nitrogens is 1. The molecule has 0 atom stereocenters. The molecule has 0 spiro atoms. The Hall–Kier alpha value is -1.30. The van der Waals surface area contributed by atoms with Crippen molar-refractivity contribution in [3.05, 3.63) is 34.9 Å². The molecule has 84 valence electrons. The molecule has 2 aromatic rings. The maximum Gasteiger partial charge on any atom is 0.573 e. The van der Waals surface area contributed by atoms with Gasteiger partial charge in [-0.05, 0) is 18.2 Å². The molecule has 0 amide bonds. The van der Waals surface area contributed by atoms with E-state index >= 15 is 0 Å². The molecule has 0 N–H and O–H groups in total. The molecule has 1 aromatic heterocycles. The summed E-state index contributed by atoms with van der Waals surface area (Å²) in [5, 5.41) is 0.733. The van der Waals surface area contributed by atoms with Crippen molar-refractivity contribution in [3.63, 3.8) is 0 Å². The lowest BCUT2D eigenvalue weighted by Crippen LogP contribution is -2.17. The standard InChI is InChI=1S/C10H5BrF3NO/c11-8-3-4-15-9-5-6(1-2-7(8)9)16-10(12,13)14/h1-5H. The first kappa shape index (κ1) is 11.2. The number of benzene rings is 1. The molecular weight excluding hydrogens is 287 g/mol. The molecule has 16 heavy (non-hydrogen) atoms. The minimum absolute atomic E-state index is 0.273. The number of alkyl halides is 3. The van der Waals surface area contributed by atoms with Gasteiger partial charge in [0.25, 0.3) is 0 Å². The maximum absolute atomic E-state index is 12.0. The molecule has 0 fully saturated rings. The SMILES string of the molecule is FC(F)(F)Oc1ccc2c(Br)ccnc2c1. The Balaban J connectivity index is 2.45. The van der Waals surface area contributed by atoms with E-state index in [-0.39, 0.29) is 5.75 Å². The Morgan fingerprint density at radius 3 is 2.62 bits per heavy atom. The zero-order chi connectivity index (χ0) is 11.8. The fourth-order valence-electron chi connectivity index (χ4n) is 1.29. The quantitative estimate of drug-likeness (QED) is 0.795. The highest BCUT2D eigenvalue weighted by Gasteiger charge is 2.31. The van der Waals surface area contributed by atoms with E-state index in [9.17, 15) is 13.2 Å². The van der Waals surface area contributed by atoms with Gasteiger partial charge in [0.1, 0.15) is 5.75 Å². The Bertz CT molecular complexity index is 527. The number of pyridine rings is 1. The molecule has 0 saturated carbocycles. The van der Waals surface area contributed by atoms with Crippen molar-refractivity contribution < 1.29 is 17.9 Å². The van der Waals surface area contributed by atoms with E-state index in [1.807, 2.05) is 0 Å². The fourth-order valence-corrected chi connectivity index (χ4v) is 1.74. The van der Waals surface area contributed by atoms with E-state index in [4.69, 9.17) is 0 Å². The zero-order valence-electron chi connectivity index (χ0n) is 7.75. The Morgan fingerprint density at radius 1 is 1.19 bits per heavy atom. The van der Waals surface area contributed by atoms with Crippen LogP contribution in [0.15, 0.2) is 34.9 Å². The number of rotatable bonds is 1. The number of hydrogen-bond acceptors (Lipinski definition) is 2. The van der Waals surface area contributed by atoms with Crippen LogP contribution in [0.2, 0.25) is 0 Å². The number of halogens is 4. The third kappa shape index (κ3) is 2.44. The number of ether oxygens (including phenoxy) is 1. The van der Waals surface area contributed by atoms with Crippen molar-refractivity contribution >= 4 is 26.8 Å². The van der Waals surface area contributed by atoms with E-state index in [2.05, 4.69) is 25.7 Å². The van der Waals surface area contributed by atoms with Crippen molar-refractivity contribution in [1.29, 1.82) is 0 Å². The topological polar surface area (TPSA) is 22.1 Å². The summed E-state index contributed by atoms with van der Waals surface area (Å²) in [5.41, 5.74) is 0.441. The molecule has 0 radical (unpaired) electrons. The first-order valence-corrected chi connectivity index (χ1v) is 5.05. The molecule has 0 aliphatic heterocycles. The average molecular weight is 292 g/mol. The van der Waals surface area contributed by atoms with Gasteiger partial charge >= 0.3 is 6.36 Å². The van der Waals surface area contributed by atoms with Crippen LogP contribution in [-0.2, 0) is 0 Å². The molecule has 0 aliphatic rings. The highest BCUT2D eigenvalue weighted by molar-refractivity contribution is 9.10. The second-order valence-corrected chi connectivity index (χ2v) is 3.87. The van der Waals surface area contributed by atoms with Gasteiger partial charge in [0.15, 0.2) is 0 Å². The van der Waals surface area contributed by atoms with Crippen LogP contribution >= 0.6 is 15.9 Å². The van der Waals surface area contributed by atoms with Crippen molar-refractivity contribution in [2.24, 2.45) is 0 Å². The Labute approximate surface area is 97.2 Å². The minimum Gasteiger partial charge on any atom is -0.406 e. The fraction of sp³-hybridized carbons (Fsp3) is 0.100. The maximum atomic E-state index is 12.0. The van der Waals surface area contributed by atoms with Crippen LogP contribution in [-0.4, -0.2) is 11.3 Å². The molecule has 6 heteroatoms. The smallest absolute Gasteiger partial charge is 0.406 e. The normalized spacial score (nSPS) is 11.8. The molecule has 0 aliphatic carbocycles. The number of nitrogens with zero attached hydrogens (tertiary/aromatic N) is 1. The van der Waals surface area contributed by atoms with E-state index in [1.54, 1.807) is 6.07 Å². The Morgan fingerprint density at radius 2 is 1.94 bits per heavy atom. The molecule has 2 rings (SSSR count). The third-order valence-corrected chi connectivity index (χ3v) is 2.59. The van der Waals surface area contributed by atoms with Crippen LogP contribution in [0.4, 0.5) is 13.2 Å². The van der Waals surface area contributed by atoms with E-state index in [0.717, 1.165) is 9.86 Å². The summed E-state index contributed by atoms with van der Waals surface area (Å²) in [4.78, 5) is 3.96. The van der Waals surface area contributed by atoms with Crippen molar-refractivity contribution in [1.82, 2.24) is 4.98 Å². The molecule has 0 unspecified atom stereocenters. The van der Waals surface area contributed by atoms with Gasteiger partial charge in [0.05, 0.1) is 5.52 Å². The average Bonchev–Trinajstić information content (AvgIpc) is 2.15. The van der Waals surface area contributed by atoms with Crippen LogP contribution in [0.5, 0.6) is 5.75 Å². The lowest BCUT2D eigenvalue weighted by Gasteiger charge is -2.09. The van der Waals surface area contributed by atoms with Gasteiger partial charge in [-0.2, -0.15) is 0 Å².